The van der Waals surface area contributed by atoms with Crippen LogP contribution in [-0.2, 0) is 0 Å². The van der Waals surface area contributed by atoms with Gasteiger partial charge in [-0.3, -0.25) is 0 Å². The number of hydrogen-bond acceptors (Lipinski definition) is 2. The predicted octanol–water partition coefficient (Wildman–Crippen LogP) is 2.06. The molecule has 1 aromatic carbocycles. The van der Waals surface area contributed by atoms with Gasteiger partial charge in [0.25, 0.3) is 0 Å². The van der Waals surface area contributed by atoms with Crippen molar-refractivity contribution in [2.24, 2.45) is 5.73 Å². The van der Waals surface area contributed by atoms with Gasteiger partial charge in [0.1, 0.15) is 0 Å². The van der Waals surface area contributed by atoms with Crippen LogP contribution in [0.5, 0.6) is 0 Å². The van der Waals surface area contributed by atoms with Gasteiger partial charge >= 0.3 is 0 Å². The van der Waals surface area contributed by atoms with Crippen molar-refractivity contribution in [2.75, 3.05) is 0 Å². The Hall–Kier alpha value is -0.130. The summed E-state index contributed by atoms with van der Waals surface area (Å²) in [5.41, 5.74) is 6.65. The zero-order valence-electron chi connectivity index (χ0n) is 7.57. The van der Waals surface area contributed by atoms with Gasteiger partial charge in [0.15, 0.2) is 0 Å². The quantitative estimate of drug-likeness (QED) is 0.837. The minimum atomic E-state index is -0.542. The van der Waals surface area contributed by atoms with Gasteiger partial charge in [-0.25, -0.2) is 0 Å². The van der Waals surface area contributed by atoms with Crippen molar-refractivity contribution >= 4 is 22.6 Å². The zero-order chi connectivity index (χ0) is 9.84. The minimum Gasteiger partial charge on any atom is -0.387 e. The van der Waals surface area contributed by atoms with E-state index in [1.54, 1.807) is 0 Å². The highest BCUT2D eigenvalue weighted by atomic mass is 127. The molecule has 1 aromatic rings. The molecule has 0 aromatic heterocycles. The number of hydrogen-bond donors (Lipinski definition) is 2. The van der Waals surface area contributed by atoms with Gasteiger partial charge in [-0.15, -0.1) is 0 Å². The molecule has 0 amide bonds. The van der Waals surface area contributed by atoms with Crippen molar-refractivity contribution < 1.29 is 5.11 Å². The Balaban J connectivity index is 2.82. The molecule has 72 valence electrons. The fraction of sp³-hybridized carbons (Fsp3) is 0.400. The normalized spacial score (nSPS) is 15.4. The molecule has 0 fully saturated rings. The fourth-order valence-electron chi connectivity index (χ4n) is 1.16. The van der Waals surface area contributed by atoms with E-state index in [4.69, 9.17) is 5.73 Å². The molecule has 3 N–H and O–H groups in total. The molecule has 0 aliphatic rings. The number of aliphatic hydroxyl groups is 1. The van der Waals surface area contributed by atoms with Crippen molar-refractivity contribution in [2.45, 2.75) is 25.5 Å². The van der Waals surface area contributed by atoms with Gasteiger partial charge in [-0.1, -0.05) is 19.1 Å². The third kappa shape index (κ3) is 2.93. The highest BCUT2D eigenvalue weighted by Crippen LogP contribution is 2.19. The van der Waals surface area contributed by atoms with E-state index in [0.29, 0.717) is 0 Å². The third-order valence-electron chi connectivity index (χ3n) is 2.07. The monoisotopic (exact) mass is 291 g/mol. The van der Waals surface area contributed by atoms with Crippen molar-refractivity contribution in [3.05, 3.63) is 33.4 Å². The van der Waals surface area contributed by atoms with Crippen LogP contribution in [0, 0.1) is 3.57 Å². The lowest BCUT2D eigenvalue weighted by molar-refractivity contribution is 0.144. The van der Waals surface area contributed by atoms with E-state index in [-0.39, 0.29) is 6.04 Å². The van der Waals surface area contributed by atoms with E-state index in [1.807, 2.05) is 31.2 Å². The second-order valence-electron chi connectivity index (χ2n) is 3.07. The zero-order valence-corrected chi connectivity index (χ0v) is 9.73. The molecule has 0 saturated heterocycles. The van der Waals surface area contributed by atoms with Gasteiger partial charge in [-0.05, 0) is 46.7 Å². The van der Waals surface area contributed by atoms with Crippen molar-refractivity contribution in [3.63, 3.8) is 0 Å². The van der Waals surface area contributed by atoms with Gasteiger partial charge in [-0.2, -0.15) is 0 Å². The van der Waals surface area contributed by atoms with Crippen LogP contribution < -0.4 is 5.73 Å². The van der Waals surface area contributed by atoms with Gasteiger partial charge in [0.2, 0.25) is 0 Å². The Morgan fingerprint density at radius 2 is 2.23 bits per heavy atom. The molecule has 1 rings (SSSR count). The first-order valence-corrected chi connectivity index (χ1v) is 5.42. The highest BCUT2D eigenvalue weighted by Gasteiger charge is 2.14. The molecule has 2 atom stereocenters. The maximum Gasteiger partial charge on any atom is 0.0941 e. The molecule has 0 bridgehead atoms. The third-order valence-corrected chi connectivity index (χ3v) is 2.74. The molecule has 0 radical (unpaired) electrons. The summed E-state index contributed by atoms with van der Waals surface area (Å²) in [5, 5.41) is 9.79. The number of rotatable bonds is 3. The van der Waals surface area contributed by atoms with Crippen LogP contribution in [0.25, 0.3) is 0 Å². The van der Waals surface area contributed by atoms with Crippen molar-refractivity contribution in [1.82, 2.24) is 0 Å². The van der Waals surface area contributed by atoms with E-state index < -0.39 is 6.10 Å². The first kappa shape index (κ1) is 10.9. The maximum absolute atomic E-state index is 9.79. The topological polar surface area (TPSA) is 46.2 Å². The van der Waals surface area contributed by atoms with E-state index in [9.17, 15) is 5.11 Å². The van der Waals surface area contributed by atoms with E-state index >= 15 is 0 Å². The largest absolute Gasteiger partial charge is 0.387 e. The number of halogens is 1. The molecule has 2 unspecified atom stereocenters. The highest BCUT2D eigenvalue weighted by molar-refractivity contribution is 14.1. The molecule has 3 heteroatoms. The summed E-state index contributed by atoms with van der Waals surface area (Å²) in [5.74, 6) is 0. The molecule has 0 spiro atoms. The first-order chi connectivity index (χ1) is 6.15. The summed E-state index contributed by atoms with van der Waals surface area (Å²) >= 11 is 2.22. The van der Waals surface area contributed by atoms with Crippen molar-refractivity contribution in [1.29, 1.82) is 0 Å². The summed E-state index contributed by atoms with van der Waals surface area (Å²) in [6, 6.07) is 7.62. The van der Waals surface area contributed by atoms with E-state index in [1.165, 1.54) is 0 Å². The average Bonchev–Trinajstić information content (AvgIpc) is 2.15. The van der Waals surface area contributed by atoms with Crippen LogP contribution in [0.2, 0.25) is 0 Å². The fourth-order valence-corrected chi connectivity index (χ4v) is 1.73. The second kappa shape index (κ2) is 4.93. The van der Waals surface area contributed by atoms with Crippen LogP contribution in [0.1, 0.15) is 25.0 Å². The van der Waals surface area contributed by atoms with Gasteiger partial charge in [0, 0.05) is 9.61 Å². The van der Waals surface area contributed by atoms with Crippen molar-refractivity contribution in [3.8, 4) is 0 Å². The van der Waals surface area contributed by atoms with Crippen LogP contribution >= 0.6 is 22.6 Å². The number of nitrogens with two attached hydrogens (primary N) is 1. The van der Waals surface area contributed by atoms with Crippen LogP contribution in [0.15, 0.2) is 24.3 Å². The number of benzene rings is 1. The van der Waals surface area contributed by atoms with E-state index in [2.05, 4.69) is 22.6 Å². The molecule has 0 saturated carbocycles. The molecule has 2 nitrogen and oxygen atoms in total. The Morgan fingerprint density at radius 1 is 1.54 bits per heavy atom. The van der Waals surface area contributed by atoms with Crippen LogP contribution in [0.3, 0.4) is 0 Å². The predicted molar refractivity (Wildman–Crippen MR) is 62.4 cm³/mol. The second-order valence-corrected chi connectivity index (χ2v) is 4.32. The molecular formula is C10H14INO. The molecular weight excluding hydrogens is 277 g/mol. The van der Waals surface area contributed by atoms with Gasteiger partial charge < -0.3 is 10.8 Å². The summed E-state index contributed by atoms with van der Waals surface area (Å²) in [4.78, 5) is 0. The van der Waals surface area contributed by atoms with E-state index in [0.717, 1.165) is 15.6 Å². The molecule has 0 aliphatic carbocycles. The molecule has 13 heavy (non-hydrogen) atoms. The smallest absolute Gasteiger partial charge is 0.0941 e. The number of aliphatic hydroxyl groups excluding tert-OH is 1. The summed E-state index contributed by atoms with van der Waals surface area (Å²) in [7, 11) is 0. The van der Waals surface area contributed by atoms with Crippen LogP contribution in [-0.4, -0.2) is 11.1 Å². The first-order valence-electron chi connectivity index (χ1n) is 4.34. The van der Waals surface area contributed by atoms with Crippen LogP contribution in [0.4, 0.5) is 0 Å². The maximum atomic E-state index is 9.79. The Bertz CT molecular complexity index is 277. The summed E-state index contributed by atoms with van der Waals surface area (Å²) < 4.78 is 1.12. The SMILES string of the molecule is CCC(N)C(O)c1cccc(I)c1. The Labute approximate surface area is 92.3 Å². The lowest BCUT2D eigenvalue weighted by Gasteiger charge is -2.17. The summed E-state index contributed by atoms with van der Waals surface area (Å²) in [6.45, 7) is 1.97. The molecule has 0 aliphatic heterocycles. The average molecular weight is 291 g/mol. The van der Waals surface area contributed by atoms with Gasteiger partial charge in [0.05, 0.1) is 6.10 Å². The lowest BCUT2D eigenvalue weighted by Crippen LogP contribution is -2.27. The summed E-state index contributed by atoms with van der Waals surface area (Å²) in [6.07, 6.45) is 0.242. The molecule has 0 heterocycles. The Morgan fingerprint density at radius 3 is 2.77 bits per heavy atom. The lowest BCUT2D eigenvalue weighted by atomic mass is 10.0. The standard InChI is InChI=1S/C10H14INO/c1-2-9(12)10(13)7-4-3-5-8(11)6-7/h3-6,9-10,13H,2,12H2,1H3. The Kier molecular flexibility index (Phi) is 4.15. The minimum absolute atomic E-state index is 0.168.